The topological polar surface area (TPSA) is 120 Å². The Morgan fingerprint density at radius 3 is 2.26 bits per heavy atom. The third-order valence-electron chi connectivity index (χ3n) is 1.94. The molecule has 0 spiro atoms. The van der Waals surface area contributed by atoms with Gasteiger partial charge in [0.05, 0.1) is 13.2 Å². The number of rotatable bonds is 9. The van der Waals surface area contributed by atoms with E-state index in [0.717, 1.165) is 0 Å². The van der Waals surface area contributed by atoms with Gasteiger partial charge in [0.25, 0.3) is 0 Å². The standard InChI is InChI=1S/C13H24NO8P/c1-10(2)11(15)19-8-9-21-23(17,18)20-7-6-14-12(16)22-13(3,4)5/h1,6-9H2,2-5H3,(H,14,16)(H,17,18). The van der Waals surface area contributed by atoms with Crippen molar-refractivity contribution in [3.05, 3.63) is 12.2 Å². The molecule has 0 saturated carbocycles. The second kappa shape index (κ2) is 9.67. The lowest BCUT2D eigenvalue weighted by molar-refractivity contribution is -0.139. The lowest BCUT2D eigenvalue weighted by Gasteiger charge is -2.19. The molecule has 0 aliphatic carbocycles. The van der Waals surface area contributed by atoms with Crippen LogP contribution in [0.2, 0.25) is 0 Å². The molecule has 0 aromatic heterocycles. The van der Waals surface area contributed by atoms with Crippen molar-refractivity contribution in [1.29, 1.82) is 0 Å². The number of alkyl carbamates (subject to hydrolysis) is 1. The van der Waals surface area contributed by atoms with Crippen LogP contribution in [-0.2, 0) is 27.9 Å². The minimum absolute atomic E-state index is 0.0343. The van der Waals surface area contributed by atoms with Crippen LogP contribution in [0.1, 0.15) is 27.7 Å². The summed E-state index contributed by atoms with van der Waals surface area (Å²) in [6, 6.07) is 0. The smallest absolute Gasteiger partial charge is 0.460 e. The maximum atomic E-state index is 11.5. The van der Waals surface area contributed by atoms with E-state index >= 15 is 0 Å². The number of nitrogens with one attached hydrogen (secondary N) is 1. The van der Waals surface area contributed by atoms with Crippen LogP contribution in [0.25, 0.3) is 0 Å². The predicted octanol–water partition coefficient (Wildman–Crippen LogP) is 1.76. The fraction of sp³-hybridized carbons (Fsp3) is 0.692. The van der Waals surface area contributed by atoms with Crippen LogP contribution in [-0.4, -0.2) is 48.9 Å². The molecule has 0 rings (SSSR count). The fourth-order valence-electron chi connectivity index (χ4n) is 1.08. The number of hydrogen-bond acceptors (Lipinski definition) is 7. The second-order valence-electron chi connectivity index (χ2n) is 5.48. The molecule has 0 aliphatic rings. The molecule has 0 aromatic rings. The maximum absolute atomic E-state index is 11.5. The van der Waals surface area contributed by atoms with Gasteiger partial charge in [-0.05, 0) is 27.7 Å². The number of phosphoric ester groups is 1. The molecule has 134 valence electrons. The number of phosphoric acid groups is 1. The summed E-state index contributed by atoms with van der Waals surface area (Å²) in [6.45, 7) is 9.17. The second-order valence-corrected chi connectivity index (χ2v) is 6.93. The summed E-state index contributed by atoms with van der Waals surface area (Å²) in [4.78, 5) is 31.7. The van der Waals surface area contributed by atoms with Crippen molar-refractivity contribution < 1.29 is 37.6 Å². The lowest BCUT2D eigenvalue weighted by Crippen LogP contribution is -2.34. The number of ether oxygens (including phenoxy) is 2. The Hall–Kier alpha value is -1.41. The molecule has 0 heterocycles. The summed E-state index contributed by atoms with van der Waals surface area (Å²) in [7, 11) is -4.28. The van der Waals surface area contributed by atoms with Crippen LogP contribution in [0.15, 0.2) is 12.2 Å². The van der Waals surface area contributed by atoms with Gasteiger partial charge in [0.1, 0.15) is 12.2 Å². The molecule has 2 N–H and O–H groups in total. The molecule has 1 unspecified atom stereocenters. The first-order valence-electron chi connectivity index (χ1n) is 6.84. The molecule has 0 saturated heterocycles. The van der Waals surface area contributed by atoms with E-state index < -0.39 is 25.5 Å². The highest BCUT2D eigenvalue weighted by molar-refractivity contribution is 7.47. The van der Waals surface area contributed by atoms with Crippen molar-refractivity contribution in [2.75, 3.05) is 26.4 Å². The highest BCUT2D eigenvalue weighted by Gasteiger charge is 2.21. The van der Waals surface area contributed by atoms with Crippen LogP contribution >= 0.6 is 7.82 Å². The average Bonchev–Trinajstić information content (AvgIpc) is 2.37. The summed E-state index contributed by atoms with van der Waals surface area (Å²) >= 11 is 0. The molecule has 23 heavy (non-hydrogen) atoms. The maximum Gasteiger partial charge on any atom is 0.472 e. The summed E-state index contributed by atoms with van der Waals surface area (Å²) in [5.74, 6) is -0.621. The van der Waals surface area contributed by atoms with Gasteiger partial charge in [0.15, 0.2) is 0 Å². The van der Waals surface area contributed by atoms with Crippen molar-refractivity contribution in [3.8, 4) is 0 Å². The molecular weight excluding hydrogens is 329 g/mol. The van der Waals surface area contributed by atoms with Gasteiger partial charge in [0, 0.05) is 12.1 Å². The van der Waals surface area contributed by atoms with E-state index in [1.165, 1.54) is 6.92 Å². The first kappa shape index (κ1) is 21.6. The molecule has 0 aromatic carbocycles. The Kier molecular flexibility index (Phi) is 9.07. The average molecular weight is 353 g/mol. The Balaban J connectivity index is 3.84. The summed E-state index contributed by atoms with van der Waals surface area (Å²) in [6.07, 6.45) is -0.665. The normalized spacial score (nSPS) is 13.8. The van der Waals surface area contributed by atoms with Crippen molar-refractivity contribution in [1.82, 2.24) is 5.32 Å². The van der Waals surface area contributed by atoms with Gasteiger partial charge in [-0.3, -0.25) is 9.05 Å². The molecule has 1 amide bonds. The zero-order valence-corrected chi connectivity index (χ0v) is 14.7. The highest BCUT2D eigenvalue weighted by atomic mass is 31.2. The first-order valence-corrected chi connectivity index (χ1v) is 8.34. The van der Waals surface area contributed by atoms with E-state index in [1.807, 2.05) is 0 Å². The monoisotopic (exact) mass is 353 g/mol. The Morgan fingerprint density at radius 2 is 1.74 bits per heavy atom. The molecule has 0 radical (unpaired) electrons. The quantitative estimate of drug-likeness (QED) is 0.278. The van der Waals surface area contributed by atoms with Crippen LogP contribution in [0.4, 0.5) is 4.79 Å². The van der Waals surface area contributed by atoms with Crippen LogP contribution in [0.3, 0.4) is 0 Å². The van der Waals surface area contributed by atoms with Gasteiger partial charge in [-0.25, -0.2) is 14.2 Å². The third-order valence-corrected chi connectivity index (χ3v) is 2.96. The van der Waals surface area contributed by atoms with E-state index in [4.69, 9.17) is 4.74 Å². The number of carbonyl (C=O) groups excluding carboxylic acids is 2. The molecule has 1 atom stereocenters. The number of hydrogen-bond donors (Lipinski definition) is 2. The Bertz CT molecular complexity index is 471. The third kappa shape index (κ3) is 12.8. The summed E-state index contributed by atoms with van der Waals surface area (Å²) < 4.78 is 30.3. The Morgan fingerprint density at radius 1 is 1.17 bits per heavy atom. The Labute approximate surface area is 135 Å². The van der Waals surface area contributed by atoms with Crippen molar-refractivity contribution in [3.63, 3.8) is 0 Å². The zero-order valence-electron chi connectivity index (χ0n) is 13.8. The number of carbonyl (C=O) groups is 2. The first-order chi connectivity index (χ1) is 10.4. The zero-order chi connectivity index (χ0) is 18.1. The van der Waals surface area contributed by atoms with E-state index in [2.05, 4.69) is 25.7 Å². The highest BCUT2D eigenvalue weighted by Crippen LogP contribution is 2.42. The van der Waals surface area contributed by atoms with Crippen molar-refractivity contribution in [2.45, 2.75) is 33.3 Å². The van der Waals surface area contributed by atoms with Gasteiger partial charge in [-0.1, -0.05) is 6.58 Å². The molecule has 9 nitrogen and oxygen atoms in total. The predicted molar refractivity (Wildman–Crippen MR) is 81.7 cm³/mol. The molecule has 0 fully saturated rings. The van der Waals surface area contributed by atoms with Gasteiger partial charge in [0.2, 0.25) is 0 Å². The molecular formula is C13H24NO8P. The van der Waals surface area contributed by atoms with Gasteiger partial charge in [-0.2, -0.15) is 0 Å². The molecule has 0 aliphatic heterocycles. The minimum atomic E-state index is -4.28. The molecule has 0 bridgehead atoms. The van der Waals surface area contributed by atoms with Crippen LogP contribution in [0, 0.1) is 0 Å². The van der Waals surface area contributed by atoms with E-state index in [1.54, 1.807) is 20.8 Å². The van der Waals surface area contributed by atoms with E-state index in [9.17, 15) is 19.0 Å². The van der Waals surface area contributed by atoms with Crippen LogP contribution in [0.5, 0.6) is 0 Å². The fourth-order valence-corrected chi connectivity index (χ4v) is 1.78. The van der Waals surface area contributed by atoms with Gasteiger partial charge >= 0.3 is 19.9 Å². The SMILES string of the molecule is C=C(C)C(=O)OCCOP(=O)(O)OCCNC(=O)OC(C)(C)C. The lowest BCUT2D eigenvalue weighted by atomic mass is 10.2. The van der Waals surface area contributed by atoms with E-state index in [-0.39, 0.29) is 31.9 Å². The molecule has 10 heteroatoms. The van der Waals surface area contributed by atoms with Crippen LogP contribution < -0.4 is 5.32 Å². The van der Waals surface area contributed by atoms with Crippen molar-refractivity contribution in [2.24, 2.45) is 0 Å². The van der Waals surface area contributed by atoms with E-state index in [0.29, 0.717) is 0 Å². The summed E-state index contributed by atoms with van der Waals surface area (Å²) in [5, 5.41) is 2.35. The van der Waals surface area contributed by atoms with Gasteiger partial charge < -0.3 is 19.7 Å². The minimum Gasteiger partial charge on any atom is -0.460 e. The number of amides is 1. The van der Waals surface area contributed by atoms with Crippen molar-refractivity contribution >= 4 is 19.9 Å². The van der Waals surface area contributed by atoms with Gasteiger partial charge in [-0.15, -0.1) is 0 Å². The number of esters is 1. The summed E-state index contributed by atoms with van der Waals surface area (Å²) in [5.41, 5.74) is -0.427. The largest absolute Gasteiger partial charge is 0.472 e.